The minimum Gasteiger partial charge on any atom is -0.0990 e. The molecule has 94 valence electrons. The maximum Gasteiger partial charge on any atom is -0.0184 e. The number of hydrogen-bond donors (Lipinski definition) is 0. The molecule has 2 aromatic rings. The fourth-order valence-corrected chi connectivity index (χ4v) is 1.87. The van der Waals surface area contributed by atoms with Crippen LogP contribution in [0.2, 0.25) is 0 Å². The van der Waals surface area contributed by atoms with Crippen LogP contribution in [0.25, 0.3) is 11.6 Å². The first-order chi connectivity index (χ1) is 9.29. The molecule has 0 amide bonds. The van der Waals surface area contributed by atoms with Gasteiger partial charge in [0.15, 0.2) is 0 Å². The normalized spacial score (nSPS) is 11.7. The molecule has 2 rings (SSSR count). The monoisotopic (exact) mass is 246 g/mol. The predicted octanol–water partition coefficient (Wildman–Crippen LogP) is 5.28. The van der Waals surface area contributed by atoms with E-state index in [1.807, 2.05) is 30.4 Å². The van der Waals surface area contributed by atoms with E-state index < -0.39 is 0 Å². The van der Waals surface area contributed by atoms with Crippen molar-refractivity contribution in [1.82, 2.24) is 0 Å². The molecule has 0 bridgehead atoms. The molecule has 0 atom stereocenters. The van der Waals surface area contributed by atoms with Gasteiger partial charge in [-0.15, -0.1) is 0 Å². The summed E-state index contributed by atoms with van der Waals surface area (Å²) in [6, 6.07) is 18.8. The molecule has 0 saturated heterocycles. The molecule has 0 fully saturated rings. The quantitative estimate of drug-likeness (QED) is 0.644. The van der Waals surface area contributed by atoms with Gasteiger partial charge < -0.3 is 0 Å². The third-order valence-electron chi connectivity index (χ3n) is 2.94. The number of hydrogen-bond acceptors (Lipinski definition) is 0. The van der Waals surface area contributed by atoms with Crippen molar-refractivity contribution in [3.8, 4) is 0 Å². The van der Waals surface area contributed by atoms with E-state index >= 15 is 0 Å². The largest absolute Gasteiger partial charge is 0.0990 e. The van der Waals surface area contributed by atoms with Crippen LogP contribution in [0.1, 0.15) is 16.7 Å². The van der Waals surface area contributed by atoms with Gasteiger partial charge in [-0.2, -0.15) is 0 Å². The topological polar surface area (TPSA) is 0 Å². The van der Waals surface area contributed by atoms with E-state index in [1.165, 1.54) is 22.3 Å². The van der Waals surface area contributed by atoms with Crippen molar-refractivity contribution in [2.24, 2.45) is 0 Å². The van der Waals surface area contributed by atoms with Gasteiger partial charge >= 0.3 is 0 Å². The fourth-order valence-electron chi connectivity index (χ4n) is 1.87. The maximum atomic E-state index is 3.79. The highest BCUT2D eigenvalue weighted by atomic mass is 14.0. The van der Waals surface area contributed by atoms with Crippen molar-refractivity contribution in [3.63, 3.8) is 0 Å². The molecule has 0 aliphatic rings. The van der Waals surface area contributed by atoms with Crippen molar-refractivity contribution >= 4 is 11.6 Å². The lowest BCUT2D eigenvalue weighted by Crippen LogP contribution is -1.81. The average Bonchev–Trinajstić information content (AvgIpc) is 2.46. The van der Waals surface area contributed by atoms with Gasteiger partial charge in [0.2, 0.25) is 0 Å². The molecule has 19 heavy (non-hydrogen) atoms. The summed E-state index contributed by atoms with van der Waals surface area (Å²) in [4.78, 5) is 0. The van der Waals surface area contributed by atoms with Crippen LogP contribution >= 0.6 is 0 Å². The SMILES string of the molecule is C=C/C=C(\C=C/c1ccccc1)c1ccc(C)cc1. The summed E-state index contributed by atoms with van der Waals surface area (Å²) in [6.07, 6.45) is 8.10. The summed E-state index contributed by atoms with van der Waals surface area (Å²) in [5.74, 6) is 0. The fraction of sp³-hybridized carbons (Fsp3) is 0.0526. The Morgan fingerprint density at radius 2 is 1.63 bits per heavy atom. The first-order valence-corrected chi connectivity index (χ1v) is 6.42. The van der Waals surface area contributed by atoms with Crippen molar-refractivity contribution in [2.75, 3.05) is 0 Å². The first-order valence-electron chi connectivity index (χ1n) is 6.42. The van der Waals surface area contributed by atoms with E-state index in [0.29, 0.717) is 0 Å². The van der Waals surface area contributed by atoms with Gasteiger partial charge in [0.05, 0.1) is 0 Å². The third kappa shape index (κ3) is 3.82. The lowest BCUT2D eigenvalue weighted by molar-refractivity contribution is 1.45. The number of benzene rings is 2. The second kappa shape index (κ2) is 6.55. The Bertz CT molecular complexity index is 584. The second-order valence-electron chi connectivity index (χ2n) is 4.47. The second-order valence-corrected chi connectivity index (χ2v) is 4.47. The van der Waals surface area contributed by atoms with Gasteiger partial charge in [-0.1, -0.05) is 91.0 Å². The van der Waals surface area contributed by atoms with Crippen molar-refractivity contribution in [1.29, 1.82) is 0 Å². The van der Waals surface area contributed by atoms with Gasteiger partial charge in [-0.05, 0) is 23.6 Å². The Labute approximate surface area is 115 Å². The van der Waals surface area contributed by atoms with Gasteiger partial charge in [0.25, 0.3) is 0 Å². The van der Waals surface area contributed by atoms with Crippen molar-refractivity contribution < 1.29 is 0 Å². The molecule has 0 aromatic heterocycles. The van der Waals surface area contributed by atoms with Crippen molar-refractivity contribution in [2.45, 2.75) is 6.92 Å². The molecule has 0 nitrogen and oxygen atoms in total. The Morgan fingerprint density at radius 3 is 2.26 bits per heavy atom. The van der Waals surface area contributed by atoms with Crippen LogP contribution in [0, 0.1) is 6.92 Å². The van der Waals surface area contributed by atoms with E-state index in [2.05, 4.69) is 62.1 Å². The molecular formula is C19H18. The molecule has 0 spiro atoms. The zero-order valence-electron chi connectivity index (χ0n) is 11.2. The molecule has 0 heteroatoms. The third-order valence-corrected chi connectivity index (χ3v) is 2.94. The van der Waals surface area contributed by atoms with E-state index in [0.717, 1.165) is 0 Å². The Hall–Kier alpha value is -2.34. The Kier molecular flexibility index (Phi) is 4.52. The summed E-state index contributed by atoms with van der Waals surface area (Å²) < 4.78 is 0. The van der Waals surface area contributed by atoms with E-state index in [-0.39, 0.29) is 0 Å². The van der Waals surface area contributed by atoms with Crippen LogP contribution in [0.3, 0.4) is 0 Å². The molecule has 0 aliphatic carbocycles. The Balaban J connectivity index is 2.27. The molecule has 0 heterocycles. The van der Waals surface area contributed by atoms with Crippen LogP contribution in [-0.4, -0.2) is 0 Å². The minimum atomic E-state index is 1.17. The summed E-state index contributed by atoms with van der Waals surface area (Å²) in [6.45, 7) is 5.89. The molecule has 2 aromatic carbocycles. The van der Waals surface area contributed by atoms with Crippen LogP contribution in [0.4, 0.5) is 0 Å². The Morgan fingerprint density at radius 1 is 0.947 bits per heavy atom. The molecule has 0 radical (unpaired) electrons. The van der Waals surface area contributed by atoms with Crippen LogP contribution in [0.15, 0.2) is 79.4 Å². The average molecular weight is 246 g/mol. The summed E-state index contributed by atoms with van der Waals surface area (Å²) >= 11 is 0. The molecule has 0 unspecified atom stereocenters. The van der Waals surface area contributed by atoms with E-state index in [4.69, 9.17) is 0 Å². The predicted molar refractivity (Wildman–Crippen MR) is 84.8 cm³/mol. The van der Waals surface area contributed by atoms with Crippen LogP contribution < -0.4 is 0 Å². The standard InChI is InChI=1S/C19H18/c1-3-7-18(19-13-10-16(2)11-14-19)15-12-17-8-5-4-6-9-17/h3-15H,1H2,2H3/b15-12-,18-7+. The zero-order chi connectivity index (χ0) is 13.5. The van der Waals surface area contributed by atoms with Gasteiger partial charge in [0.1, 0.15) is 0 Å². The minimum absolute atomic E-state index is 1.17. The van der Waals surface area contributed by atoms with Gasteiger partial charge in [-0.25, -0.2) is 0 Å². The number of aryl methyl sites for hydroxylation is 1. The maximum absolute atomic E-state index is 3.79. The molecule has 0 saturated carbocycles. The lowest BCUT2D eigenvalue weighted by atomic mass is 10.0. The number of rotatable bonds is 4. The highest BCUT2D eigenvalue weighted by Crippen LogP contribution is 2.18. The van der Waals surface area contributed by atoms with Gasteiger partial charge in [-0.3, -0.25) is 0 Å². The molecule has 0 N–H and O–H groups in total. The smallest absolute Gasteiger partial charge is 0.0184 e. The van der Waals surface area contributed by atoms with E-state index in [1.54, 1.807) is 0 Å². The van der Waals surface area contributed by atoms with Crippen LogP contribution in [-0.2, 0) is 0 Å². The number of allylic oxidation sites excluding steroid dienone is 4. The highest BCUT2D eigenvalue weighted by molar-refractivity contribution is 5.79. The zero-order valence-corrected chi connectivity index (χ0v) is 11.2. The summed E-state index contributed by atoms with van der Waals surface area (Å²) in [7, 11) is 0. The van der Waals surface area contributed by atoms with Gasteiger partial charge in [0, 0.05) is 0 Å². The highest BCUT2D eigenvalue weighted by Gasteiger charge is 1.96. The summed E-state index contributed by atoms with van der Waals surface area (Å²) in [5.41, 5.74) is 4.84. The first kappa shape index (κ1) is 13.1. The van der Waals surface area contributed by atoms with Crippen LogP contribution in [0.5, 0.6) is 0 Å². The van der Waals surface area contributed by atoms with E-state index in [9.17, 15) is 0 Å². The lowest BCUT2D eigenvalue weighted by Gasteiger charge is -2.03. The summed E-state index contributed by atoms with van der Waals surface area (Å²) in [5, 5.41) is 0. The molecular weight excluding hydrogens is 228 g/mol. The molecule has 0 aliphatic heterocycles. The van der Waals surface area contributed by atoms with Crippen molar-refractivity contribution in [3.05, 3.63) is 96.1 Å².